The minimum Gasteiger partial charge on any atom is -0.389 e. The summed E-state index contributed by atoms with van der Waals surface area (Å²) in [4.78, 5) is 13.2. The van der Waals surface area contributed by atoms with Gasteiger partial charge in [0.05, 0.1) is 5.75 Å². The Balaban J connectivity index is 1.86. The summed E-state index contributed by atoms with van der Waals surface area (Å²) in [6.07, 6.45) is 0. The minimum absolute atomic E-state index is 0.0399. The van der Waals surface area contributed by atoms with Crippen LogP contribution in [0.3, 0.4) is 0 Å². The lowest BCUT2D eigenvalue weighted by molar-refractivity contribution is -0.113. The molecule has 0 atom stereocenters. The van der Waals surface area contributed by atoms with Crippen LogP contribution in [0.5, 0.6) is 0 Å². The molecule has 20 heavy (non-hydrogen) atoms. The molecule has 0 aliphatic heterocycles. The van der Waals surface area contributed by atoms with E-state index in [1.165, 1.54) is 11.8 Å². The molecule has 2 rings (SSSR count). The van der Waals surface area contributed by atoms with E-state index in [9.17, 15) is 4.79 Å². The number of hydrogen-bond donors (Lipinski definition) is 2. The van der Waals surface area contributed by atoms with Crippen molar-refractivity contribution < 1.29 is 4.79 Å². The van der Waals surface area contributed by atoms with E-state index in [-0.39, 0.29) is 5.91 Å². The molecule has 0 radical (unpaired) electrons. The molecule has 0 heterocycles. The number of hydrogen-bond acceptors (Lipinski definition) is 3. The van der Waals surface area contributed by atoms with Crippen molar-refractivity contribution in [2.24, 2.45) is 5.73 Å². The second-order valence-electron chi connectivity index (χ2n) is 4.09. The highest BCUT2D eigenvalue weighted by Crippen LogP contribution is 2.17. The molecular weight excluding hydrogens is 288 g/mol. The van der Waals surface area contributed by atoms with E-state index in [0.29, 0.717) is 10.7 Å². The summed E-state index contributed by atoms with van der Waals surface area (Å²) < 4.78 is 0. The van der Waals surface area contributed by atoms with Gasteiger partial charge >= 0.3 is 0 Å². The largest absolute Gasteiger partial charge is 0.389 e. The van der Waals surface area contributed by atoms with Gasteiger partial charge in [0.1, 0.15) is 4.99 Å². The first-order valence-corrected chi connectivity index (χ1v) is 7.42. The van der Waals surface area contributed by atoms with Crippen LogP contribution in [-0.4, -0.2) is 16.6 Å². The van der Waals surface area contributed by atoms with Crippen molar-refractivity contribution in [2.75, 3.05) is 11.1 Å². The zero-order chi connectivity index (χ0) is 14.4. The van der Waals surface area contributed by atoms with Crippen molar-refractivity contribution in [3.8, 4) is 0 Å². The van der Waals surface area contributed by atoms with Gasteiger partial charge in [-0.25, -0.2) is 0 Å². The van der Waals surface area contributed by atoms with Crippen molar-refractivity contribution in [3.63, 3.8) is 0 Å². The molecule has 2 aromatic rings. The number of thiocarbonyl (C=S) groups is 1. The van der Waals surface area contributed by atoms with Gasteiger partial charge in [0.2, 0.25) is 5.91 Å². The van der Waals surface area contributed by atoms with Crippen molar-refractivity contribution in [3.05, 3.63) is 60.2 Å². The molecule has 0 aliphatic rings. The van der Waals surface area contributed by atoms with E-state index in [0.717, 1.165) is 16.1 Å². The Kier molecular flexibility index (Phi) is 5.15. The quantitative estimate of drug-likeness (QED) is 0.658. The molecule has 1 amide bonds. The maximum atomic E-state index is 11.8. The van der Waals surface area contributed by atoms with E-state index in [4.69, 9.17) is 18.0 Å². The van der Waals surface area contributed by atoms with Crippen molar-refractivity contribution in [1.82, 2.24) is 0 Å². The van der Waals surface area contributed by atoms with Gasteiger partial charge < -0.3 is 11.1 Å². The average Bonchev–Trinajstić information content (AvgIpc) is 2.47. The third-order valence-electron chi connectivity index (χ3n) is 2.57. The lowest BCUT2D eigenvalue weighted by Gasteiger charge is -2.06. The lowest BCUT2D eigenvalue weighted by Crippen LogP contribution is -2.14. The first-order valence-electron chi connectivity index (χ1n) is 6.03. The molecule has 0 fully saturated rings. The Hall–Kier alpha value is -1.85. The molecule has 0 bridgehead atoms. The number of carbonyl (C=O) groups is 1. The van der Waals surface area contributed by atoms with Crippen LogP contribution >= 0.6 is 24.0 Å². The zero-order valence-corrected chi connectivity index (χ0v) is 12.3. The van der Waals surface area contributed by atoms with E-state index < -0.39 is 0 Å². The molecule has 0 aliphatic carbocycles. The fourth-order valence-electron chi connectivity index (χ4n) is 1.58. The summed E-state index contributed by atoms with van der Waals surface area (Å²) in [5.74, 6) is 0.336. The molecule has 102 valence electrons. The van der Waals surface area contributed by atoms with E-state index in [1.54, 1.807) is 24.3 Å². The van der Waals surface area contributed by atoms with Gasteiger partial charge in [-0.05, 0) is 36.4 Å². The monoisotopic (exact) mass is 302 g/mol. The Morgan fingerprint density at radius 1 is 1.10 bits per heavy atom. The van der Waals surface area contributed by atoms with Crippen LogP contribution in [0.1, 0.15) is 5.56 Å². The highest BCUT2D eigenvalue weighted by Gasteiger charge is 2.04. The molecule has 5 heteroatoms. The summed E-state index contributed by atoms with van der Waals surface area (Å²) >= 11 is 6.38. The predicted octanol–water partition coefficient (Wildman–Crippen LogP) is 3.05. The molecule has 0 aromatic heterocycles. The molecule has 0 unspecified atom stereocenters. The highest BCUT2D eigenvalue weighted by molar-refractivity contribution is 8.00. The van der Waals surface area contributed by atoms with Gasteiger partial charge in [-0.3, -0.25) is 4.79 Å². The first-order chi connectivity index (χ1) is 9.65. The fraction of sp³-hybridized carbons (Fsp3) is 0.0667. The van der Waals surface area contributed by atoms with Crippen LogP contribution in [0.2, 0.25) is 0 Å². The molecule has 3 N–H and O–H groups in total. The standard InChI is InChI=1S/C15H14N2OS2/c16-15(19)11-6-8-12(9-7-11)17-14(18)10-20-13-4-2-1-3-5-13/h1-9H,10H2,(H2,16,19)(H,17,18). The number of anilines is 1. The normalized spacial score (nSPS) is 10.0. The van der Waals surface area contributed by atoms with Gasteiger partial charge in [-0.15, -0.1) is 11.8 Å². The average molecular weight is 302 g/mol. The number of nitrogens with one attached hydrogen (secondary N) is 1. The van der Waals surface area contributed by atoms with Gasteiger partial charge in [-0.1, -0.05) is 30.4 Å². The van der Waals surface area contributed by atoms with Crippen LogP contribution in [0.4, 0.5) is 5.69 Å². The van der Waals surface area contributed by atoms with E-state index in [1.807, 2.05) is 30.3 Å². The topological polar surface area (TPSA) is 55.1 Å². The van der Waals surface area contributed by atoms with E-state index >= 15 is 0 Å². The van der Waals surface area contributed by atoms with Crippen molar-refractivity contribution in [1.29, 1.82) is 0 Å². The summed E-state index contributed by atoms with van der Waals surface area (Å²) in [6, 6.07) is 17.0. The van der Waals surface area contributed by atoms with Gasteiger partial charge in [0, 0.05) is 16.1 Å². The Morgan fingerprint density at radius 2 is 1.75 bits per heavy atom. The number of thioether (sulfide) groups is 1. The molecule has 0 saturated carbocycles. The molecule has 2 aromatic carbocycles. The number of benzene rings is 2. The van der Waals surface area contributed by atoms with Gasteiger partial charge in [-0.2, -0.15) is 0 Å². The number of amides is 1. The van der Waals surface area contributed by atoms with Gasteiger partial charge in [0.25, 0.3) is 0 Å². The van der Waals surface area contributed by atoms with Crippen LogP contribution in [0.15, 0.2) is 59.5 Å². The lowest BCUT2D eigenvalue weighted by atomic mass is 10.2. The van der Waals surface area contributed by atoms with Crippen molar-refractivity contribution >= 4 is 40.6 Å². The maximum absolute atomic E-state index is 11.8. The smallest absolute Gasteiger partial charge is 0.234 e. The minimum atomic E-state index is -0.0399. The molecule has 3 nitrogen and oxygen atoms in total. The second-order valence-corrected chi connectivity index (χ2v) is 5.58. The number of rotatable bonds is 5. The fourth-order valence-corrected chi connectivity index (χ4v) is 2.44. The Bertz CT molecular complexity index is 597. The summed E-state index contributed by atoms with van der Waals surface area (Å²) in [7, 11) is 0. The number of nitrogens with two attached hydrogens (primary N) is 1. The summed E-state index contributed by atoms with van der Waals surface area (Å²) in [5, 5.41) is 2.83. The van der Waals surface area contributed by atoms with Crippen LogP contribution in [-0.2, 0) is 4.79 Å². The molecule has 0 saturated heterocycles. The highest BCUT2D eigenvalue weighted by atomic mass is 32.2. The Labute approximate surface area is 127 Å². The zero-order valence-electron chi connectivity index (χ0n) is 10.7. The third kappa shape index (κ3) is 4.36. The SMILES string of the molecule is NC(=S)c1ccc(NC(=O)CSc2ccccc2)cc1. The van der Waals surface area contributed by atoms with Crippen LogP contribution in [0, 0.1) is 0 Å². The predicted molar refractivity (Wildman–Crippen MR) is 88.1 cm³/mol. The Morgan fingerprint density at radius 3 is 2.35 bits per heavy atom. The van der Waals surface area contributed by atoms with Crippen LogP contribution in [0.25, 0.3) is 0 Å². The third-order valence-corrected chi connectivity index (χ3v) is 3.81. The summed E-state index contributed by atoms with van der Waals surface area (Å²) in [5.41, 5.74) is 7.05. The van der Waals surface area contributed by atoms with Gasteiger partial charge in [0.15, 0.2) is 0 Å². The number of carbonyl (C=O) groups excluding carboxylic acids is 1. The molecular formula is C15H14N2OS2. The van der Waals surface area contributed by atoms with E-state index in [2.05, 4.69) is 5.32 Å². The first kappa shape index (κ1) is 14.6. The summed E-state index contributed by atoms with van der Waals surface area (Å²) in [6.45, 7) is 0. The maximum Gasteiger partial charge on any atom is 0.234 e. The second kappa shape index (κ2) is 7.07. The van der Waals surface area contributed by atoms with Crippen LogP contribution < -0.4 is 11.1 Å². The molecule has 0 spiro atoms. The van der Waals surface area contributed by atoms with Crippen molar-refractivity contribution in [2.45, 2.75) is 4.90 Å².